The van der Waals surface area contributed by atoms with Gasteiger partial charge in [-0.05, 0) is 37.3 Å². The first-order valence-corrected chi connectivity index (χ1v) is 9.19. The molecule has 0 aliphatic rings. The largest absolute Gasteiger partial charge is 0.495 e. The molecule has 0 unspecified atom stereocenters. The molecule has 0 spiro atoms. The van der Waals surface area contributed by atoms with Gasteiger partial charge in [-0.15, -0.1) is 0 Å². The van der Waals surface area contributed by atoms with E-state index in [0.717, 1.165) is 4.31 Å². The van der Waals surface area contributed by atoms with Crippen LogP contribution in [-0.2, 0) is 10.0 Å². The summed E-state index contributed by atoms with van der Waals surface area (Å²) in [7, 11) is 0.495. The Bertz CT molecular complexity index is 1000. The minimum Gasteiger partial charge on any atom is -0.495 e. The molecule has 0 fully saturated rings. The molecule has 0 radical (unpaired) electrons. The number of carbonyl (C=O) groups is 1. The summed E-state index contributed by atoms with van der Waals surface area (Å²) < 4.78 is 30.8. The van der Waals surface area contributed by atoms with Crippen LogP contribution in [0.2, 0.25) is 0 Å². The van der Waals surface area contributed by atoms with E-state index in [9.17, 15) is 23.3 Å². The Morgan fingerprint density at radius 1 is 1.19 bits per heavy atom. The summed E-state index contributed by atoms with van der Waals surface area (Å²) in [6.45, 7) is 1.53. The highest BCUT2D eigenvalue weighted by atomic mass is 32.2. The van der Waals surface area contributed by atoms with Crippen molar-refractivity contribution in [2.45, 2.75) is 11.8 Å². The van der Waals surface area contributed by atoms with Gasteiger partial charge >= 0.3 is 0 Å². The van der Waals surface area contributed by atoms with Crippen LogP contribution in [-0.4, -0.2) is 44.8 Å². The number of benzene rings is 2. The van der Waals surface area contributed by atoms with Gasteiger partial charge in [-0.3, -0.25) is 14.9 Å². The number of hydrogen-bond donors (Lipinski definition) is 1. The Labute approximate surface area is 156 Å². The molecule has 0 saturated heterocycles. The standard InChI is InChI=1S/C17H19N3O6S/c1-11-9-12(5-7-15(11)20(22)23)17(21)18-14-10-13(6-8-16(14)26-4)27(24,25)19(2)3/h5-10H,1-4H3,(H,18,21). The number of hydrogen-bond acceptors (Lipinski definition) is 6. The van der Waals surface area contributed by atoms with E-state index in [1.807, 2.05) is 0 Å². The van der Waals surface area contributed by atoms with Crippen LogP contribution in [0.1, 0.15) is 15.9 Å². The van der Waals surface area contributed by atoms with Crippen LogP contribution in [0.25, 0.3) is 0 Å². The molecule has 9 nitrogen and oxygen atoms in total. The first-order chi connectivity index (χ1) is 12.6. The maximum atomic E-state index is 12.5. The number of anilines is 1. The number of ether oxygens (including phenoxy) is 1. The molecule has 0 atom stereocenters. The summed E-state index contributed by atoms with van der Waals surface area (Å²) >= 11 is 0. The quantitative estimate of drug-likeness (QED) is 0.595. The highest BCUT2D eigenvalue weighted by Crippen LogP contribution is 2.29. The molecule has 2 rings (SSSR count). The Balaban J connectivity index is 2.40. The van der Waals surface area contributed by atoms with Gasteiger partial charge in [-0.2, -0.15) is 0 Å². The number of aryl methyl sites for hydroxylation is 1. The third-order valence-electron chi connectivity index (χ3n) is 3.85. The van der Waals surface area contributed by atoms with E-state index >= 15 is 0 Å². The third kappa shape index (κ3) is 4.23. The second kappa shape index (κ2) is 7.72. The van der Waals surface area contributed by atoms with E-state index in [1.54, 1.807) is 0 Å². The fourth-order valence-corrected chi connectivity index (χ4v) is 3.28. The van der Waals surface area contributed by atoms with Crippen LogP contribution in [0.3, 0.4) is 0 Å². The predicted octanol–water partition coefficient (Wildman–Crippen LogP) is 2.41. The minimum atomic E-state index is -3.70. The van der Waals surface area contributed by atoms with Crippen LogP contribution < -0.4 is 10.1 Å². The second-order valence-corrected chi connectivity index (χ2v) is 8.01. The summed E-state index contributed by atoms with van der Waals surface area (Å²) in [5.41, 5.74) is 0.606. The minimum absolute atomic E-state index is 0.0107. The van der Waals surface area contributed by atoms with Gasteiger partial charge in [0.25, 0.3) is 11.6 Å². The van der Waals surface area contributed by atoms with E-state index in [-0.39, 0.29) is 27.6 Å². The average molecular weight is 393 g/mol. The lowest BCUT2D eigenvalue weighted by molar-refractivity contribution is -0.385. The van der Waals surface area contributed by atoms with Crippen LogP contribution >= 0.6 is 0 Å². The number of carbonyl (C=O) groups excluding carboxylic acids is 1. The molecule has 10 heteroatoms. The van der Waals surface area contributed by atoms with Gasteiger partial charge in [0.2, 0.25) is 10.0 Å². The number of rotatable bonds is 6. The van der Waals surface area contributed by atoms with Crippen molar-refractivity contribution >= 4 is 27.3 Å². The normalized spacial score (nSPS) is 11.3. The zero-order valence-corrected chi connectivity index (χ0v) is 16.0. The number of sulfonamides is 1. The van der Waals surface area contributed by atoms with Crippen molar-refractivity contribution in [1.29, 1.82) is 0 Å². The molecule has 0 aliphatic carbocycles. The number of methoxy groups -OCH3 is 1. The molecular weight excluding hydrogens is 374 g/mol. The Morgan fingerprint density at radius 2 is 1.85 bits per heavy atom. The van der Waals surface area contributed by atoms with E-state index in [2.05, 4.69) is 5.32 Å². The van der Waals surface area contributed by atoms with E-state index in [0.29, 0.717) is 5.56 Å². The van der Waals surface area contributed by atoms with Crippen molar-refractivity contribution < 1.29 is 22.9 Å². The summed E-state index contributed by atoms with van der Waals surface area (Å²) in [5, 5.41) is 13.5. The van der Waals surface area contributed by atoms with Crippen molar-refractivity contribution in [3.8, 4) is 5.75 Å². The molecule has 1 N–H and O–H groups in total. The number of nitrogens with zero attached hydrogens (tertiary/aromatic N) is 2. The first-order valence-electron chi connectivity index (χ1n) is 7.75. The number of amides is 1. The third-order valence-corrected chi connectivity index (χ3v) is 5.66. The van der Waals surface area contributed by atoms with Gasteiger partial charge in [-0.1, -0.05) is 0 Å². The van der Waals surface area contributed by atoms with Gasteiger partial charge in [0.1, 0.15) is 5.75 Å². The second-order valence-electron chi connectivity index (χ2n) is 5.86. The average Bonchev–Trinajstić information content (AvgIpc) is 2.60. The highest BCUT2D eigenvalue weighted by Gasteiger charge is 2.20. The first kappa shape index (κ1) is 20.3. The monoisotopic (exact) mass is 393 g/mol. The summed E-state index contributed by atoms with van der Waals surface area (Å²) in [6, 6.07) is 8.07. The zero-order valence-electron chi connectivity index (χ0n) is 15.2. The lowest BCUT2D eigenvalue weighted by Crippen LogP contribution is -2.22. The lowest BCUT2D eigenvalue weighted by Gasteiger charge is -2.15. The maximum absolute atomic E-state index is 12.5. The molecular formula is C17H19N3O6S. The number of nitrogens with one attached hydrogen (secondary N) is 1. The summed E-state index contributed by atoms with van der Waals surface area (Å²) in [6.07, 6.45) is 0. The van der Waals surface area contributed by atoms with Crippen LogP contribution in [0.4, 0.5) is 11.4 Å². The molecule has 0 saturated carbocycles. The Hall–Kier alpha value is -2.98. The topological polar surface area (TPSA) is 119 Å². The predicted molar refractivity (Wildman–Crippen MR) is 99.7 cm³/mol. The van der Waals surface area contributed by atoms with Gasteiger partial charge in [0.05, 0.1) is 22.6 Å². The lowest BCUT2D eigenvalue weighted by atomic mass is 10.1. The van der Waals surface area contributed by atoms with Crippen LogP contribution in [0.5, 0.6) is 5.75 Å². The van der Waals surface area contributed by atoms with E-state index in [4.69, 9.17) is 4.74 Å². The van der Waals surface area contributed by atoms with Gasteiger partial charge in [0.15, 0.2) is 0 Å². The fourth-order valence-electron chi connectivity index (χ4n) is 2.35. The molecule has 0 aliphatic heterocycles. The van der Waals surface area contributed by atoms with Gasteiger partial charge in [-0.25, -0.2) is 12.7 Å². The van der Waals surface area contributed by atoms with Crippen LogP contribution in [0.15, 0.2) is 41.3 Å². The smallest absolute Gasteiger partial charge is 0.272 e. The SMILES string of the molecule is COc1ccc(S(=O)(=O)N(C)C)cc1NC(=O)c1ccc([N+](=O)[O-])c(C)c1. The van der Waals surface area contributed by atoms with Crippen molar-refractivity contribution in [3.63, 3.8) is 0 Å². The fraction of sp³-hybridized carbons (Fsp3) is 0.235. The van der Waals surface area contributed by atoms with Crippen molar-refractivity contribution in [1.82, 2.24) is 4.31 Å². The molecule has 27 heavy (non-hydrogen) atoms. The van der Waals surface area contributed by atoms with Crippen LogP contribution in [0, 0.1) is 17.0 Å². The van der Waals surface area contributed by atoms with Crippen molar-refractivity contribution in [2.24, 2.45) is 0 Å². The molecule has 2 aromatic carbocycles. The maximum Gasteiger partial charge on any atom is 0.272 e. The Morgan fingerprint density at radius 3 is 2.37 bits per heavy atom. The molecule has 1 amide bonds. The van der Waals surface area contributed by atoms with Crippen molar-refractivity contribution in [2.75, 3.05) is 26.5 Å². The number of nitro benzene ring substituents is 1. The summed E-state index contributed by atoms with van der Waals surface area (Å²) in [5.74, 6) is -0.273. The van der Waals surface area contributed by atoms with E-state index < -0.39 is 20.9 Å². The molecule has 144 valence electrons. The van der Waals surface area contributed by atoms with E-state index in [1.165, 1.54) is 64.5 Å². The number of nitro groups is 1. The molecule has 0 heterocycles. The summed E-state index contributed by atoms with van der Waals surface area (Å²) in [4.78, 5) is 22.9. The zero-order chi connectivity index (χ0) is 20.4. The highest BCUT2D eigenvalue weighted by molar-refractivity contribution is 7.89. The molecule has 0 bridgehead atoms. The van der Waals surface area contributed by atoms with Crippen molar-refractivity contribution in [3.05, 3.63) is 57.6 Å². The molecule has 0 aromatic heterocycles. The molecule has 2 aromatic rings. The van der Waals surface area contributed by atoms with Gasteiger partial charge in [0, 0.05) is 31.3 Å². The van der Waals surface area contributed by atoms with Gasteiger partial charge < -0.3 is 10.1 Å². The Kier molecular flexibility index (Phi) is 5.82.